The number of nitriles is 1. The molecule has 0 saturated heterocycles. The maximum absolute atomic E-state index is 10.1. The smallest absolute Gasteiger partial charge is 0.200 e. The molecule has 2 aromatic carbocycles. The lowest BCUT2D eigenvalue weighted by Gasteiger charge is -2.47. The van der Waals surface area contributed by atoms with Crippen molar-refractivity contribution < 1.29 is 4.74 Å². The Balaban J connectivity index is 2.07. The summed E-state index contributed by atoms with van der Waals surface area (Å²) in [6, 6.07) is 19.5. The highest BCUT2D eigenvalue weighted by atomic mass is 16.5. The van der Waals surface area contributed by atoms with Crippen LogP contribution in [0, 0.1) is 25.2 Å². The van der Waals surface area contributed by atoms with Crippen molar-refractivity contribution in [1.29, 1.82) is 5.26 Å². The summed E-state index contributed by atoms with van der Waals surface area (Å²) in [5, 5.41) is 10.1. The SMILES string of the molecule is Cc1ccc(C2(c3ccc(C)cc3)C(C#N)=C(N)OC23CCCCC3)cc1. The van der Waals surface area contributed by atoms with E-state index in [1.54, 1.807) is 0 Å². The zero-order valence-electron chi connectivity index (χ0n) is 16.1. The van der Waals surface area contributed by atoms with Crippen LogP contribution in [-0.4, -0.2) is 5.60 Å². The third kappa shape index (κ3) is 2.47. The Kier molecular flexibility index (Phi) is 4.23. The topological polar surface area (TPSA) is 59.0 Å². The molecule has 0 unspecified atom stereocenters. The Labute approximate surface area is 161 Å². The predicted octanol–water partition coefficient (Wildman–Crippen LogP) is 5.02. The lowest BCUT2D eigenvalue weighted by Crippen LogP contribution is -2.52. The first-order chi connectivity index (χ1) is 13.0. The van der Waals surface area contributed by atoms with Crippen LogP contribution in [0.2, 0.25) is 0 Å². The van der Waals surface area contributed by atoms with E-state index in [1.807, 2.05) is 0 Å². The van der Waals surface area contributed by atoms with Gasteiger partial charge in [0.25, 0.3) is 0 Å². The zero-order chi connectivity index (χ0) is 19.1. The van der Waals surface area contributed by atoms with Crippen molar-refractivity contribution in [2.45, 2.75) is 57.0 Å². The number of aryl methyl sites for hydroxylation is 2. The molecule has 1 aliphatic carbocycles. The minimum absolute atomic E-state index is 0.292. The van der Waals surface area contributed by atoms with Gasteiger partial charge in [0, 0.05) is 0 Å². The summed E-state index contributed by atoms with van der Waals surface area (Å²) in [7, 11) is 0. The second-order valence-corrected chi connectivity index (χ2v) is 7.99. The summed E-state index contributed by atoms with van der Waals surface area (Å²) < 4.78 is 6.41. The van der Waals surface area contributed by atoms with E-state index >= 15 is 0 Å². The summed E-state index contributed by atoms with van der Waals surface area (Å²) in [6.07, 6.45) is 5.18. The quantitative estimate of drug-likeness (QED) is 0.820. The molecule has 27 heavy (non-hydrogen) atoms. The molecular weight excluding hydrogens is 332 g/mol. The maximum atomic E-state index is 10.1. The van der Waals surface area contributed by atoms with Crippen LogP contribution in [0.4, 0.5) is 0 Å². The first-order valence-electron chi connectivity index (χ1n) is 9.77. The molecule has 2 N–H and O–H groups in total. The van der Waals surface area contributed by atoms with E-state index in [4.69, 9.17) is 10.5 Å². The van der Waals surface area contributed by atoms with Gasteiger partial charge in [0.05, 0.1) is 0 Å². The number of hydrogen-bond acceptors (Lipinski definition) is 3. The fourth-order valence-corrected chi connectivity index (χ4v) is 5.08. The van der Waals surface area contributed by atoms with E-state index in [1.165, 1.54) is 17.5 Å². The first kappa shape index (κ1) is 17.7. The Morgan fingerprint density at radius 1 is 0.852 bits per heavy atom. The molecule has 3 heteroatoms. The van der Waals surface area contributed by atoms with Crippen molar-refractivity contribution in [1.82, 2.24) is 0 Å². The second-order valence-electron chi connectivity index (χ2n) is 7.99. The number of nitrogens with zero attached hydrogens (tertiary/aromatic N) is 1. The van der Waals surface area contributed by atoms with Crippen LogP contribution < -0.4 is 5.73 Å². The second kappa shape index (κ2) is 6.46. The average molecular weight is 358 g/mol. The van der Waals surface area contributed by atoms with Gasteiger partial charge >= 0.3 is 0 Å². The molecule has 2 aromatic rings. The zero-order valence-corrected chi connectivity index (χ0v) is 16.1. The van der Waals surface area contributed by atoms with Crippen LogP contribution >= 0.6 is 0 Å². The van der Waals surface area contributed by atoms with Crippen molar-refractivity contribution >= 4 is 0 Å². The van der Waals surface area contributed by atoms with Gasteiger partial charge in [0.15, 0.2) is 5.88 Å². The number of nitrogens with two attached hydrogens (primary N) is 1. The minimum Gasteiger partial charge on any atom is -0.470 e. The molecule has 1 fully saturated rings. The molecule has 1 saturated carbocycles. The lowest BCUT2D eigenvalue weighted by molar-refractivity contribution is -0.0416. The van der Waals surface area contributed by atoms with Crippen LogP contribution in [-0.2, 0) is 10.2 Å². The number of rotatable bonds is 2. The summed E-state index contributed by atoms with van der Waals surface area (Å²) in [5.41, 5.74) is 10.3. The highest BCUT2D eigenvalue weighted by Crippen LogP contribution is 2.59. The van der Waals surface area contributed by atoms with E-state index in [9.17, 15) is 5.26 Å². The molecule has 138 valence electrons. The molecule has 1 spiro atoms. The summed E-state index contributed by atoms with van der Waals surface area (Å²) in [6.45, 7) is 4.17. The van der Waals surface area contributed by atoms with Crippen molar-refractivity contribution in [3.8, 4) is 6.07 Å². The number of hydrogen-bond donors (Lipinski definition) is 1. The molecular formula is C24H26N2O. The molecule has 2 aliphatic rings. The van der Waals surface area contributed by atoms with Gasteiger partial charge in [-0.3, -0.25) is 0 Å². The van der Waals surface area contributed by atoms with Crippen molar-refractivity contribution in [3.05, 3.63) is 82.2 Å². The molecule has 0 amide bonds. The van der Waals surface area contributed by atoms with Gasteiger partial charge in [0.1, 0.15) is 22.7 Å². The monoisotopic (exact) mass is 358 g/mol. The Morgan fingerprint density at radius 3 is 1.78 bits per heavy atom. The predicted molar refractivity (Wildman–Crippen MR) is 107 cm³/mol. The average Bonchev–Trinajstić information content (AvgIpc) is 2.91. The molecule has 0 aromatic heterocycles. The van der Waals surface area contributed by atoms with E-state index in [0.717, 1.165) is 36.8 Å². The Bertz CT molecular complexity index is 865. The standard InChI is InChI=1S/C24H26N2O/c1-17-6-10-19(11-7-17)24(20-12-8-18(2)9-13-20)21(16-25)22(26)27-23(24)14-4-3-5-15-23/h6-13H,3-5,14-15,26H2,1-2H3. The van der Waals surface area contributed by atoms with Gasteiger partial charge in [-0.15, -0.1) is 0 Å². The molecule has 3 nitrogen and oxygen atoms in total. The molecule has 1 heterocycles. The summed E-state index contributed by atoms with van der Waals surface area (Å²) in [5.74, 6) is 0.292. The summed E-state index contributed by atoms with van der Waals surface area (Å²) >= 11 is 0. The molecule has 0 radical (unpaired) electrons. The van der Waals surface area contributed by atoms with Gasteiger partial charge < -0.3 is 10.5 Å². The number of benzene rings is 2. The van der Waals surface area contributed by atoms with E-state index < -0.39 is 11.0 Å². The molecule has 4 rings (SSSR count). The third-order valence-electron chi connectivity index (χ3n) is 6.35. The van der Waals surface area contributed by atoms with Crippen LogP contribution in [0.1, 0.15) is 54.4 Å². The largest absolute Gasteiger partial charge is 0.470 e. The van der Waals surface area contributed by atoms with Gasteiger partial charge in [0.2, 0.25) is 0 Å². The minimum atomic E-state index is -0.659. The van der Waals surface area contributed by atoms with Crippen molar-refractivity contribution in [2.75, 3.05) is 0 Å². The van der Waals surface area contributed by atoms with Crippen LogP contribution in [0.3, 0.4) is 0 Å². The normalized spacial score (nSPS) is 20.3. The third-order valence-corrected chi connectivity index (χ3v) is 6.35. The summed E-state index contributed by atoms with van der Waals surface area (Å²) in [4.78, 5) is 0. The van der Waals surface area contributed by atoms with Crippen molar-refractivity contribution in [3.63, 3.8) is 0 Å². The van der Waals surface area contributed by atoms with E-state index in [-0.39, 0.29) is 0 Å². The first-order valence-corrected chi connectivity index (χ1v) is 9.77. The Morgan fingerprint density at radius 2 is 1.33 bits per heavy atom. The van der Waals surface area contributed by atoms with Crippen LogP contribution in [0.15, 0.2) is 60.0 Å². The maximum Gasteiger partial charge on any atom is 0.200 e. The fraction of sp³-hybridized carbons (Fsp3) is 0.375. The lowest BCUT2D eigenvalue weighted by atomic mass is 9.56. The van der Waals surface area contributed by atoms with E-state index in [0.29, 0.717) is 11.5 Å². The van der Waals surface area contributed by atoms with Crippen LogP contribution in [0.5, 0.6) is 0 Å². The van der Waals surface area contributed by atoms with Gasteiger partial charge in [-0.2, -0.15) is 5.26 Å². The van der Waals surface area contributed by atoms with Gasteiger partial charge in [-0.25, -0.2) is 0 Å². The highest BCUT2D eigenvalue weighted by molar-refractivity contribution is 5.60. The highest BCUT2D eigenvalue weighted by Gasteiger charge is 2.63. The number of ether oxygens (including phenoxy) is 1. The van der Waals surface area contributed by atoms with Crippen LogP contribution in [0.25, 0.3) is 0 Å². The van der Waals surface area contributed by atoms with Gasteiger partial charge in [-0.1, -0.05) is 66.1 Å². The van der Waals surface area contributed by atoms with Crippen molar-refractivity contribution in [2.24, 2.45) is 5.73 Å². The van der Waals surface area contributed by atoms with E-state index in [2.05, 4.69) is 68.4 Å². The molecule has 0 atom stereocenters. The Hall–Kier alpha value is -2.73. The fourth-order valence-electron chi connectivity index (χ4n) is 5.08. The molecule has 1 aliphatic heterocycles. The van der Waals surface area contributed by atoms with Gasteiger partial charge in [-0.05, 0) is 50.7 Å². The molecule has 0 bridgehead atoms.